The van der Waals surface area contributed by atoms with Crippen molar-refractivity contribution in [3.8, 4) is 11.5 Å². The van der Waals surface area contributed by atoms with Gasteiger partial charge in [-0.1, -0.05) is 11.2 Å². The summed E-state index contributed by atoms with van der Waals surface area (Å²) in [5, 5.41) is 17.0. The number of aromatic nitrogens is 3. The number of hydrogen-bond acceptors (Lipinski definition) is 6. The molecule has 2 aromatic heterocycles. The van der Waals surface area contributed by atoms with Crippen LogP contribution in [0.2, 0.25) is 0 Å². The lowest BCUT2D eigenvalue weighted by atomic mass is 10.1. The van der Waals surface area contributed by atoms with E-state index in [-0.39, 0.29) is 6.03 Å². The summed E-state index contributed by atoms with van der Waals surface area (Å²) in [6.45, 7) is 5.90. The van der Waals surface area contributed by atoms with Crippen molar-refractivity contribution in [2.24, 2.45) is 0 Å². The molecule has 0 aliphatic rings. The Hall–Kier alpha value is -3.16. The first kappa shape index (κ1) is 15.7. The second-order valence-electron chi connectivity index (χ2n) is 5.38. The molecule has 24 heavy (non-hydrogen) atoms. The van der Waals surface area contributed by atoms with Crippen LogP contribution in [-0.2, 0) is 6.54 Å². The van der Waals surface area contributed by atoms with Crippen molar-refractivity contribution in [1.82, 2.24) is 20.7 Å². The van der Waals surface area contributed by atoms with Gasteiger partial charge >= 0.3 is 6.03 Å². The molecule has 0 fully saturated rings. The van der Waals surface area contributed by atoms with Gasteiger partial charge in [-0.25, -0.2) is 4.79 Å². The van der Waals surface area contributed by atoms with Crippen LogP contribution < -0.4 is 10.6 Å². The Bertz CT molecular complexity index is 835. The highest BCUT2D eigenvalue weighted by Gasteiger charge is 2.12. The van der Waals surface area contributed by atoms with Crippen LogP contribution in [0.1, 0.15) is 22.6 Å². The Morgan fingerprint density at radius 2 is 2.08 bits per heavy atom. The number of benzene rings is 1. The summed E-state index contributed by atoms with van der Waals surface area (Å²) in [5.74, 6) is 1.09. The number of urea groups is 1. The highest BCUT2D eigenvalue weighted by Crippen LogP contribution is 2.23. The highest BCUT2D eigenvalue weighted by atomic mass is 16.5. The third-order valence-electron chi connectivity index (χ3n) is 3.70. The molecular weight excluding hydrogens is 310 g/mol. The van der Waals surface area contributed by atoms with Gasteiger partial charge in [-0.15, -0.1) is 10.2 Å². The fourth-order valence-corrected chi connectivity index (χ4v) is 2.28. The van der Waals surface area contributed by atoms with E-state index in [0.717, 1.165) is 22.4 Å². The smallest absolute Gasteiger partial charge is 0.319 e. The molecule has 3 aromatic rings. The Morgan fingerprint density at radius 3 is 2.75 bits per heavy atom. The van der Waals surface area contributed by atoms with Crippen molar-refractivity contribution in [2.75, 3.05) is 5.32 Å². The van der Waals surface area contributed by atoms with Crippen LogP contribution in [0.4, 0.5) is 10.5 Å². The largest absolute Gasteiger partial charge is 0.423 e. The third-order valence-corrected chi connectivity index (χ3v) is 3.70. The second kappa shape index (κ2) is 6.53. The monoisotopic (exact) mass is 327 g/mol. The van der Waals surface area contributed by atoms with E-state index in [1.54, 1.807) is 6.07 Å². The summed E-state index contributed by atoms with van der Waals surface area (Å²) in [4.78, 5) is 12.2. The lowest BCUT2D eigenvalue weighted by molar-refractivity contribution is 0.251. The average Bonchev–Trinajstić information content (AvgIpc) is 3.19. The van der Waals surface area contributed by atoms with Crippen molar-refractivity contribution in [3.63, 3.8) is 0 Å². The number of aryl methyl sites for hydroxylation is 3. The molecular formula is C16H17N5O3. The molecule has 0 unspecified atom stereocenters. The fraction of sp³-hybridized carbons (Fsp3) is 0.250. The Labute approximate surface area is 138 Å². The molecule has 2 amide bonds. The molecule has 2 heterocycles. The number of nitrogens with one attached hydrogen (secondary N) is 2. The number of hydrogen-bond donors (Lipinski definition) is 2. The molecule has 0 radical (unpaired) electrons. The van der Waals surface area contributed by atoms with Gasteiger partial charge in [0, 0.05) is 23.4 Å². The number of rotatable bonds is 4. The lowest BCUT2D eigenvalue weighted by Crippen LogP contribution is -2.28. The molecule has 0 bridgehead atoms. The van der Waals surface area contributed by atoms with Crippen LogP contribution in [0.3, 0.4) is 0 Å². The van der Waals surface area contributed by atoms with Gasteiger partial charge in [-0.3, -0.25) is 0 Å². The summed E-state index contributed by atoms with van der Waals surface area (Å²) < 4.78 is 10.3. The molecule has 0 saturated carbocycles. The van der Waals surface area contributed by atoms with Crippen LogP contribution in [0.25, 0.3) is 11.5 Å². The topological polar surface area (TPSA) is 106 Å². The molecule has 2 N–H and O–H groups in total. The number of nitrogens with zero attached hydrogens (tertiary/aromatic N) is 3. The van der Waals surface area contributed by atoms with Gasteiger partial charge < -0.3 is 19.6 Å². The molecule has 124 valence electrons. The quantitative estimate of drug-likeness (QED) is 0.763. The predicted molar refractivity (Wildman–Crippen MR) is 86.3 cm³/mol. The van der Waals surface area contributed by atoms with Gasteiger partial charge in [0.25, 0.3) is 0 Å². The van der Waals surface area contributed by atoms with E-state index in [2.05, 4.69) is 26.0 Å². The van der Waals surface area contributed by atoms with E-state index in [1.807, 2.05) is 32.9 Å². The molecule has 8 heteroatoms. The zero-order valence-corrected chi connectivity index (χ0v) is 13.6. The molecule has 8 nitrogen and oxygen atoms in total. The van der Waals surface area contributed by atoms with Crippen LogP contribution in [0.5, 0.6) is 0 Å². The SMILES string of the molecule is Cc1ccc(-c2nnco2)cc1NC(=O)NCc1c(C)noc1C. The van der Waals surface area contributed by atoms with Crippen molar-refractivity contribution in [3.05, 3.63) is 47.2 Å². The summed E-state index contributed by atoms with van der Waals surface area (Å²) in [6, 6.07) is 5.21. The molecule has 0 saturated heterocycles. The van der Waals surface area contributed by atoms with E-state index >= 15 is 0 Å². The van der Waals surface area contributed by atoms with Crippen LogP contribution >= 0.6 is 0 Å². The Balaban J connectivity index is 1.69. The first-order valence-corrected chi connectivity index (χ1v) is 7.38. The van der Waals surface area contributed by atoms with E-state index in [9.17, 15) is 4.79 Å². The second-order valence-corrected chi connectivity index (χ2v) is 5.38. The Morgan fingerprint density at radius 1 is 1.25 bits per heavy atom. The number of carbonyl (C=O) groups excluding carboxylic acids is 1. The van der Waals surface area contributed by atoms with E-state index < -0.39 is 0 Å². The van der Waals surface area contributed by atoms with Crippen LogP contribution in [0, 0.1) is 20.8 Å². The summed E-state index contributed by atoms with van der Waals surface area (Å²) in [5.41, 5.74) is 3.97. The predicted octanol–water partition coefficient (Wildman–Crippen LogP) is 2.97. The van der Waals surface area contributed by atoms with E-state index in [1.165, 1.54) is 6.39 Å². The maximum absolute atomic E-state index is 12.2. The first-order valence-electron chi connectivity index (χ1n) is 7.38. The standard InChI is InChI=1S/C16H17N5O3/c1-9-4-5-12(15-20-18-8-23-15)6-14(9)19-16(22)17-7-13-10(2)21-24-11(13)3/h4-6,8H,7H2,1-3H3,(H2,17,19,22). The summed E-state index contributed by atoms with van der Waals surface area (Å²) in [6.07, 6.45) is 1.26. The maximum Gasteiger partial charge on any atom is 0.319 e. The third kappa shape index (κ3) is 3.27. The molecule has 0 atom stereocenters. The normalized spacial score (nSPS) is 10.6. The summed E-state index contributed by atoms with van der Waals surface area (Å²) >= 11 is 0. The number of carbonyl (C=O) groups is 1. The molecule has 1 aromatic carbocycles. The minimum Gasteiger partial charge on any atom is -0.423 e. The van der Waals surface area contributed by atoms with Crippen molar-refractivity contribution in [1.29, 1.82) is 0 Å². The molecule has 0 spiro atoms. The molecule has 0 aliphatic carbocycles. The fourth-order valence-electron chi connectivity index (χ4n) is 2.28. The number of anilines is 1. The van der Waals surface area contributed by atoms with Gasteiger partial charge in [0.15, 0.2) is 0 Å². The highest BCUT2D eigenvalue weighted by molar-refractivity contribution is 5.90. The minimum absolute atomic E-state index is 0.319. The zero-order valence-electron chi connectivity index (χ0n) is 13.6. The Kier molecular flexibility index (Phi) is 4.28. The first-order chi connectivity index (χ1) is 11.5. The van der Waals surface area contributed by atoms with Crippen molar-refractivity contribution in [2.45, 2.75) is 27.3 Å². The van der Waals surface area contributed by atoms with Gasteiger partial charge in [0.1, 0.15) is 5.76 Å². The van der Waals surface area contributed by atoms with Crippen LogP contribution in [-0.4, -0.2) is 21.4 Å². The lowest BCUT2D eigenvalue weighted by Gasteiger charge is -2.10. The van der Waals surface area contributed by atoms with Gasteiger partial charge in [0.05, 0.1) is 5.69 Å². The minimum atomic E-state index is -0.319. The maximum atomic E-state index is 12.2. The van der Waals surface area contributed by atoms with Gasteiger partial charge in [-0.2, -0.15) is 0 Å². The molecule has 0 aliphatic heterocycles. The van der Waals surface area contributed by atoms with E-state index in [4.69, 9.17) is 8.94 Å². The van der Waals surface area contributed by atoms with E-state index in [0.29, 0.717) is 23.9 Å². The van der Waals surface area contributed by atoms with Crippen molar-refractivity contribution >= 4 is 11.7 Å². The van der Waals surface area contributed by atoms with Crippen LogP contribution in [0.15, 0.2) is 33.5 Å². The van der Waals surface area contributed by atoms with Gasteiger partial charge in [0.2, 0.25) is 12.3 Å². The number of amides is 2. The summed E-state index contributed by atoms with van der Waals surface area (Å²) in [7, 11) is 0. The zero-order chi connectivity index (χ0) is 17.1. The van der Waals surface area contributed by atoms with Crippen molar-refractivity contribution < 1.29 is 13.7 Å². The van der Waals surface area contributed by atoms with Gasteiger partial charge in [-0.05, 0) is 38.5 Å². The molecule has 3 rings (SSSR count). The average molecular weight is 327 g/mol.